The van der Waals surface area contributed by atoms with Crippen LogP contribution in [0.4, 0.5) is 23.4 Å². The highest BCUT2D eigenvalue weighted by Crippen LogP contribution is 2.22. The van der Waals surface area contributed by atoms with E-state index in [1.807, 2.05) is 4.90 Å². The van der Waals surface area contributed by atoms with Crippen molar-refractivity contribution in [3.63, 3.8) is 0 Å². The molecule has 0 bridgehead atoms. The normalized spacial score (nSPS) is 15.1. The molecule has 1 unspecified atom stereocenters. The lowest BCUT2D eigenvalue weighted by Crippen LogP contribution is -2.54. The lowest BCUT2D eigenvalue weighted by Gasteiger charge is -2.37. The first-order chi connectivity index (χ1) is 18.5. The number of carbonyl (C=O) groups excluding carboxylic acids is 2. The summed E-state index contributed by atoms with van der Waals surface area (Å²) in [5.41, 5.74) is -0.867. The van der Waals surface area contributed by atoms with Gasteiger partial charge in [0.1, 0.15) is 29.7 Å². The van der Waals surface area contributed by atoms with Gasteiger partial charge in [0, 0.05) is 38.4 Å². The molecule has 1 aromatic carbocycles. The molecule has 1 aliphatic rings. The van der Waals surface area contributed by atoms with Crippen molar-refractivity contribution in [3.05, 3.63) is 82.7 Å². The van der Waals surface area contributed by atoms with E-state index in [9.17, 15) is 31.9 Å². The van der Waals surface area contributed by atoms with Crippen LogP contribution in [0.15, 0.2) is 65.7 Å². The van der Waals surface area contributed by atoms with Crippen molar-refractivity contribution in [2.75, 3.05) is 31.5 Å². The summed E-state index contributed by atoms with van der Waals surface area (Å²) in [5, 5.41) is 2.73. The first-order valence-electron chi connectivity index (χ1n) is 12.0. The predicted octanol–water partition coefficient (Wildman–Crippen LogP) is 3.52. The van der Waals surface area contributed by atoms with E-state index in [0.717, 1.165) is 12.3 Å². The van der Waals surface area contributed by atoms with Crippen LogP contribution in [0.25, 0.3) is 0 Å². The number of pyridine rings is 2. The van der Waals surface area contributed by atoms with Gasteiger partial charge in [-0.1, -0.05) is 0 Å². The van der Waals surface area contributed by atoms with Gasteiger partial charge in [-0.15, -0.1) is 0 Å². The second kappa shape index (κ2) is 11.6. The highest BCUT2D eigenvalue weighted by atomic mass is 19.4. The molecule has 1 atom stereocenters. The van der Waals surface area contributed by atoms with Gasteiger partial charge in [-0.05, 0) is 49.4 Å². The average Bonchev–Trinajstić information content (AvgIpc) is 2.91. The number of halogens is 4. The van der Waals surface area contributed by atoms with E-state index in [1.165, 1.54) is 41.4 Å². The monoisotopic (exact) mass is 547 g/mol. The quantitative estimate of drug-likeness (QED) is 0.455. The maximum atomic E-state index is 13.0. The maximum absolute atomic E-state index is 13.0. The number of aromatic nitrogens is 2. The summed E-state index contributed by atoms with van der Waals surface area (Å²) >= 11 is 0. The fourth-order valence-corrected chi connectivity index (χ4v) is 4.02. The number of ether oxygens (including phenoxy) is 1. The van der Waals surface area contributed by atoms with E-state index in [4.69, 9.17) is 4.74 Å². The molecule has 1 aliphatic heterocycles. The molecular formula is C26H25F4N5O4. The number of piperazine rings is 1. The number of benzene rings is 1. The number of hydrogen-bond acceptors (Lipinski definition) is 6. The van der Waals surface area contributed by atoms with Crippen LogP contribution in [-0.4, -0.2) is 69.6 Å². The van der Waals surface area contributed by atoms with Crippen molar-refractivity contribution < 1.29 is 31.9 Å². The van der Waals surface area contributed by atoms with E-state index in [1.54, 1.807) is 19.1 Å². The summed E-state index contributed by atoms with van der Waals surface area (Å²) in [5.74, 6) is -0.0376. The fourth-order valence-electron chi connectivity index (χ4n) is 4.02. The van der Waals surface area contributed by atoms with Gasteiger partial charge in [0.05, 0.1) is 17.8 Å². The van der Waals surface area contributed by atoms with E-state index in [0.29, 0.717) is 35.0 Å². The minimum Gasteiger partial charge on any atom is -0.456 e. The molecule has 2 aromatic heterocycles. The minimum absolute atomic E-state index is 0.0176. The van der Waals surface area contributed by atoms with E-state index in [-0.39, 0.29) is 30.4 Å². The molecule has 206 valence electrons. The fraction of sp³-hybridized carbons (Fsp3) is 0.308. The SMILES string of the molecule is CC(C(=O)Nc1ccc(Oc2ccc(F)cc2)cn1)N1CCN(C(=O)c2ccc(=O)n(CC(F)(F)F)c2)CC1. The Bertz CT molecular complexity index is 1370. The Hall–Kier alpha value is -4.26. The molecule has 1 saturated heterocycles. The molecule has 13 heteroatoms. The Morgan fingerprint density at radius 3 is 2.28 bits per heavy atom. The number of carbonyl (C=O) groups is 2. The van der Waals surface area contributed by atoms with Crippen LogP contribution in [0.3, 0.4) is 0 Å². The van der Waals surface area contributed by atoms with Gasteiger partial charge in [0.2, 0.25) is 5.91 Å². The number of alkyl halides is 3. The third-order valence-electron chi connectivity index (χ3n) is 6.15. The van der Waals surface area contributed by atoms with Crippen LogP contribution in [-0.2, 0) is 11.3 Å². The number of nitrogens with one attached hydrogen (secondary N) is 1. The molecule has 3 aromatic rings. The number of rotatable bonds is 7. The van der Waals surface area contributed by atoms with E-state index >= 15 is 0 Å². The van der Waals surface area contributed by atoms with Crippen LogP contribution in [0.1, 0.15) is 17.3 Å². The average molecular weight is 548 g/mol. The van der Waals surface area contributed by atoms with Crippen molar-refractivity contribution in [1.29, 1.82) is 0 Å². The van der Waals surface area contributed by atoms with Crippen molar-refractivity contribution in [2.45, 2.75) is 25.7 Å². The number of anilines is 1. The van der Waals surface area contributed by atoms with Crippen molar-refractivity contribution in [2.24, 2.45) is 0 Å². The van der Waals surface area contributed by atoms with Gasteiger partial charge in [0.15, 0.2) is 0 Å². The van der Waals surface area contributed by atoms with Crippen LogP contribution >= 0.6 is 0 Å². The first-order valence-corrected chi connectivity index (χ1v) is 12.0. The van der Waals surface area contributed by atoms with Gasteiger partial charge < -0.3 is 19.5 Å². The lowest BCUT2D eigenvalue weighted by atomic mass is 10.2. The summed E-state index contributed by atoms with van der Waals surface area (Å²) in [6.45, 7) is 1.46. The van der Waals surface area contributed by atoms with Gasteiger partial charge >= 0.3 is 6.18 Å². The zero-order valence-corrected chi connectivity index (χ0v) is 20.8. The number of amides is 2. The second-order valence-electron chi connectivity index (χ2n) is 8.93. The Labute approximate surface area is 220 Å². The van der Waals surface area contributed by atoms with Crippen molar-refractivity contribution >= 4 is 17.6 Å². The Morgan fingerprint density at radius 2 is 1.67 bits per heavy atom. The molecule has 0 saturated carbocycles. The zero-order valence-electron chi connectivity index (χ0n) is 20.8. The molecule has 1 fully saturated rings. The van der Waals surface area contributed by atoms with Crippen LogP contribution < -0.4 is 15.6 Å². The molecule has 0 spiro atoms. The summed E-state index contributed by atoms with van der Waals surface area (Å²) in [6, 6.07) is 10.3. The maximum Gasteiger partial charge on any atom is 0.406 e. The molecule has 0 aliphatic carbocycles. The van der Waals surface area contributed by atoms with Gasteiger partial charge in [0.25, 0.3) is 11.5 Å². The Balaban J connectivity index is 1.29. The van der Waals surface area contributed by atoms with Crippen molar-refractivity contribution in [3.8, 4) is 11.5 Å². The zero-order chi connectivity index (χ0) is 28.2. The van der Waals surface area contributed by atoms with Crippen LogP contribution in [0.2, 0.25) is 0 Å². The molecular weight excluding hydrogens is 522 g/mol. The summed E-state index contributed by atoms with van der Waals surface area (Å²) in [7, 11) is 0. The molecule has 0 radical (unpaired) electrons. The molecule has 2 amide bonds. The highest BCUT2D eigenvalue weighted by Gasteiger charge is 2.30. The second-order valence-corrected chi connectivity index (χ2v) is 8.93. The van der Waals surface area contributed by atoms with Crippen LogP contribution in [0.5, 0.6) is 11.5 Å². The van der Waals surface area contributed by atoms with Gasteiger partial charge in [-0.25, -0.2) is 9.37 Å². The smallest absolute Gasteiger partial charge is 0.406 e. The molecule has 9 nitrogen and oxygen atoms in total. The van der Waals surface area contributed by atoms with E-state index < -0.39 is 30.2 Å². The molecule has 1 N–H and O–H groups in total. The standard InChI is InChI=1S/C26H25F4N5O4/c1-17(24(37)32-22-8-7-21(14-31-22)39-20-5-3-19(27)4-6-20)33-10-12-34(13-11-33)25(38)18-2-9-23(36)35(15-18)16-26(28,29)30/h2-9,14-15,17H,10-13,16H2,1H3,(H,31,32,37). The largest absolute Gasteiger partial charge is 0.456 e. The van der Waals surface area contributed by atoms with Gasteiger partial charge in [-0.2, -0.15) is 13.2 Å². The third-order valence-corrected chi connectivity index (χ3v) is 6.15. The topological polar surface area (TPSA) is 96.8 Å². The number of nitrogens with zero attached hydrogens (tertiary/aromatic N) is 4. The highest BCUT2D eigenvalue weighted by molar-refractivity contribution is 5.94. The lowest BCUT2D eigenvalue weighted by molar-refractivity contribution is -0.141. The first kappa shape index (κ1) is 27.8. The van der Waals surface area contributed by atoms with Crippen molar-refractivity contribution in [1.82, 2.24) is 19.4 Å². The summed E-state index contributed by atoms with van der Waals surface area (Å²) < 4.78 is 57.2. The molecule has 4 rings (SSSR count). The van der Waals surface area contributed by atoms with Crippen LogP contribution in [0, 0.1) is 5.82 Å². The summed E-state index contributed by atoms with van der Waals surface area (Å²) in [4.78, 5) is 44.9. The Morgan fingerprint density at radius 1 is 1.00 bits per heavy atom. The Kier molecular flexibility index (Phi) is 8.29. The molecule has 3 heterocycles. The van der Waals surface area contributed by atoms with E-state index in [2.05, 4.69) is 10.3 Å². The molecule has 39 heavy (non-hydrogen) atoms. The minimum atomic E-state index is -4.59. The van der Waals surface area contributed by atoms with Gasteiger partial charge in [-0.3, -0.25) is 19.3 Å². The summed E-state index contributed by atoms with van der Waals surface area (Å²) in [6.07, 6.45) is -2.25. The predicted molar refractivity (Wildman–Crippen MR) is 133 cm³/mol. The number of hydrogen-bond donors (Lipinski definition) is 1. The third kappa shape index (κ3) is 7.41.